The minimum atomic E-state index is 0.0184. The highest BCUT2D eigenvalue weighted by atomic mass is 79.9. The number of hydrogen-bond acceptors (Lipinski definition) is 3. The molecule has 5 heteroatoms. The number of benzene rings is 1. The van der Waals surface area contributed by atoms with E-state index in [1.165, 1.54) is 12.8 Å². The summed E-state index contributed by atoms with van der Waals surface area (Å²) in [5.74, 6) is 0.0184. The van der Waals surface area contributed by atoms with E-state index < -0.39 is 0 Å². The van der Waals surface area contributed by atoms with E-state index in [2.05, 4.69) is 31.5 Å². The Labute approximate surface area is 144 Å². The number of carbonyl (C=O) groups excluding carboxylic acids is 1. The molecule has 23 heavy (non-hydrogen) atoms. The summed E-state index contributed by atoms with van der Waals surface area (Å²) in [7, 11) is 0. The molecule has 0 aliphatic carbocycles. The summed E-state index contributed by atoms with van der Waals surface area (Å²) in [5, 5.41) is 7.77. The van der Waals surface area contributed by atoms with Crippen LogP contribution in [0.15, 0.2) is 28.7 Å². The molecule has 2 aromatic rings. The molecular formula is C18H20BrN3O. The van der Waals surface area contributed by atoms with Crippen molar-refractivity contribution in [1.29, 1.82) is 0 Å². The number of piperidine rings is 1. The van der Waals surface area contributed by atoms with Gasteiger partial charge in [0.2, 0.25) is 0 Å². The lowest BCUT2D eigenvalue weighted by Crippen LogP contribution is -2.48. The fraction of sp³-hybridized carbons (Fsp3) is 0.444. The number of rotatable bonds is 2. The molecule has 2 fully saturated rings. The maximum atomic E-state index is 12.8. The Morgan fingerprint density at radius 2 is 2.00 bits per heavy atom. The summed E-state index contributed by atoms with van der Waals surface area (Å²) < 4.78 is 0.963. The van der Waals surface area contributed by atoms with Crippen LogP contribution in [-0.2, 0) is 0 Å². The Bertz CT molecular complexity index is 764. The lowest BCUT2D eigenvalue weighted by atomic mass is 9.99. The minimum absolute atomic E-state index is 0.0184. The van der Waals surface area contributed by atoms with Crippen molar-refractivity contribution < 1.29 is 4.79 Å². The molecule has 2 N–H and O–H groups in total. The van der Waals surface area contributed by atoms with Gasteiger partial charge in [-0.05, 0) is 56.9 Å². The highest BCUT2D eigenvalue weighted by Crippen LogP contribution is 2.28. The van der Waals surface area contributed by atoms with E-state index in [0.717, 1.165) is 39.5 Å². The van der Waals surface area contributed by atoms with Crippen LogP contribution in [0.5, 0.6) is 0 Å². The van der Waals surface area contributed by atoms with Gasteiger partial charge in [-0.2, -0.15) is 0 Å². The number of halogens is 1. The van der Waals surface area contributed by atoms with Crippen molar-refractivity contribution in [3.8, 4) is 0 Å². The third-order valence-electron chi connectivity index (χ3n) is 4.95. The lowest BCUT2D eigenvalue weighted by molar-refractivity contribution is 0.0925. The molecule has 2 bridgehead atoms. The molecule has 0 radical (unpaired) electrons. The summed E-state index contributed by atoms with van der Waals surface area (Å²) in [6.45, 7) is 1.93. The average Bonchev–Trinajstić information content (AvgIpc) is 2.85. The first-order valence-electron chi connectivity index (χ1n) is 8.22. The number of hydrogen-bond donors (Lipinski definition) is 2. The highest BCUT2D eigenvalue weighted by Gasteiger charge is 2.34. The van der Waals surface area contributed by atoms with Gasteiger partial charge in [0.25, 0.3) is 5.91 Å². The number of nitrogens with one attached hydrogen (secondary N) is 2. The number of aromatic nitrogens is 1. The van der Waals surface area contributed by atoms with Gasteiger partial charge in [0, 0.05) is 33.7 Å². The first-order valence-corrected chi connectivity index (χ1v) is 9.01. The van der Waals surface area contributed by atoms with Crippen molar-refractivity contribution in [1.82, 2.24) is 15.6 Å². The van der Waals surface area contributed by atoms with Gasteiger partial charge in [0.15, 0.2) is 0 Å². The zero-order chi connectivity index (χ0) is 16.0. The van der Waals surface area contributed by atoms with Crippen molar-refractivity contribution in [2.75, 3.05) is 0 Å². The standard InChI is InChI=1S/C18H20BrN3O/c1-10-6-16(15-7-11(19)2-5-17(15)20-10)18(23)22-14-8-12-3-4-13(9-14)21-12/h2,5-7,12-14,21H,3-4,8-9H2,1H3,(H,22,23). The van der Waals surface area contributed by atoms with E-state index in [1.807, 2.05) is 31.2 Å². The van der Waals surface area contributed by atoms with Gasteiger partial charge in [0.05, 0.1) is 11.1 Å². The number of fused-ring (bicyclic) bond motifs is 3. The molecule has 4 nitrogen and oxygen atoms in total. The van der Waals surface area contributed by atoms with Crippen LogP contribution in [0.1, 0.15) is 41.7 Å². The molecule has 2 atom stereocenters. The predicted octanol–water partition coefficient (Wildman–Crippen LogP) is 3.32. The zero-order valence-electron chi connectivity index (χ0n) is 13.1. The topological polar surface area (TPSA) is 54.0 Å². The van der Waals surface area contributed by atoms with Gasteiger partial charge in [0.1, 0.15) is 0 Å². The Kier molecular flexibility index (Phi) is 3.85. The van der Waals surface area contributed by atoms with Crippen molar-refractivity contribution in [2.24, 2.45) is 0 Å². The molecule has 1 aromatic heterocycles. The molecule has 2 saturated heterocycles. The second-order valence-corrected chi connectivity index (χ2v) is 7.67. The highest BCUT2D eigenvalue weighted by molar-refractivity contribution is 9.10. The van der Waals surface area contributed by atoms with Gasteiger partial charge in [-0.1, -0.05) is 15.9 Å². The van der Waals surface area contributed by atoms with Crippen LogP contribution < -0.4 is 10.6 Å². The van der Waals surface area contributed by atoms with Gasteiger partial charge < -0.3 is 10.6 Å². The van der Waals surface area contributed by atoms with Crippen molar-refractivity contribution in [3.63, 3.8) is 0 Å². The quantitative estimate of drug-likeness (QED) is 0.848. The number of pyridine rings is 1. The largest absolute Gasteiger partial charge is 0.349 e. The number of amides is 1. The van der Waals surface area contributed by atoms with Crippen molar-refractivity contribution in [3.05, 3.63) is 40.0 Å². The van der Waals surface area contributed by atoms with Crippen LogP contribution in [0.4, 0.5) is 0 Å². The van der Waals surface area contributed by atoms with Crippen molar-refractivity contribution in [2.45, 2.75) is 50.7 Å². The summed E-state index contributed by atoms with van der Waals surface area (Å²) in [6, 6.07) is 9.20. The summed E-state index contributed by atoms with van der Waals surface area (Å²) in [4.78, 5) is 17.4. The molecule has 0 saturated carbocycles. The normalized spacial score (nSPS) is 26.4. The van der Waals surface area contributed by atoms with Crippen LogP contribution in [0.25, 0.3) is 10.9 Å². The molecule has 1 amide bonds. The van der Waals surface area contributed by atoms with Crippen LogP contribution in [0.3, 0.4) is 0 Å². The monoisotopic (exact) mass is 373 g/mol. The molecule has 2 aliphatic heterocycles. The van der Waals surface area contributed by atoms with Gasteiger partial charge in [-0.3, -0.25) is 9.78 Å². The fourth-order valence-corrected chi connectivity index (χ4v) is 4.32. The predicted molar refractivity (Wildman–Crippen MR) is 94.6 cm³/mol. The van der Waals surface area contributed by atoms with E-state index in [0.29, 0.717) is 12.1 Å². The SMILES string of the molecule is Cc1cc(C(=O)NC2CC3CCC(C2)N3)c2cc(Br)ccc2n1. The molecule has 4 rings (SSSR count). The average molecular weight is 374 g/mol. The zero-order valence-corrected chi connectivity index (χ0v) is 14.7. The molecule has 2 aliphatic rings. The Morgan fingerprint density at radius 3 is 2.74 bits per heavy atom. The Hall–Kier alpha value is -1.46. The molecule has 1 aromatic carbocycles. The van der Waals surface area contributed by atoms with E-state index in [-0.39, 0.29) is 11.9 Å². The maximum Gasteiger partial charge on any atom is 0.252 e. The summed E-state index contributed by atoms with van der Waals surface area (Å²) in [6.07, 6.45) is 4.55. The third kappa shape index (κ3) is 3.00. The van der Waals surface area contributed by atoms with Crippen LogP contribution in [0, 0.1) is 6.92 Å². The maximum absolute atomic E-state index is 12.8. The Balaban J connectivity index is 1.63. The summed E-state index contributed by atoms with van der Waals surface area (Å²) in [5.41, 5.74) is 2.46. The van der Waals surface area contributed by atoms with Crippen LogP contribution in [0.2, 0.25) is 0 Å². The molecule has 2 unspecified atom stereocenters. The number of carbonyl (C=O) groups is 1. The second kappa shape index (κ2) is 5.87. The Morgan fingerprint density at radius 1 is 1.26 bits per heavy atom. The van der Waals surface area contributed by atoms with Crippen molar-refractivity contribution >= 4 is 32.7 Å². The molecule has 0 spiro atoms. The smallest absolute Gasteiger partial charge is 0.252 e. The fourth-order valence-electron chi connectivity index (χ4n) is 3.96. The van der Waals surface area contributed by atoms with Crippen LogP contribution in [-0.4, -0.2) is 29.0 Å². The van der Waals surface area contributed by atoms with Gasteiger partial charge in [-0.25, -0.2) is 0 Å². The van der Waals surface area contributed by atoms with Gasteiger partial charge >= 0.3 is 0 Å². The van der Waals surface area contributed by atoms with E-state index >= 15 is 0 Å². The number of aryl methyl sites for hydroxylation is 1. The second-order valence-electron chi connectivity index (χ2n) is 6.75. The van der Waals surface area contributed by atoms with Gasteiger partial charge in [-0.15, -0.1) is 0 Å². The van der Waals surface area contributed by atoms with E-state index in [4.69, 9.17) is 0 Å². The van der Waals surface area contributed by atoms with E-state index in [9.17, 15) is 4.79 Å². The number of nitrogens with zero attached hydrogens (tertiary/aromatic N) is 1. The molecule has 120 valence electrons. The molecular weight excluding hydrogens is 354 g/mol. The lowest BCUT2D eigenvalue weighted by Gasteiger charge is -2.29. The first kappa shape index (κ1) is 15.1. The summed E-state index contributed by atoms with van der Waals surface area (Å²) >= 11 is 3.49. The third-order valence-corrected chi connectivity index (χ3v) is 5.44. The molecule has 3 heterocycles. The first-order chi connectivity index (χ1) is 11.1. The van der Waals surface area contributed by atoms with Crippen LogP contribution >= 0.6 is 15.9 Å². The minimum Gasteiger partial charge on any atom is -0.349 e. The van der Waals surface area contributed by atoms with E-state index in [1.54, 1.807) is 0 Å².